The highest BCUT2D eigenvalue weighted by molar-refractivity contribution is 7.86. The zero-order chi connectivity index (χ0) is 21.6. The predicted octanol–water partition coefficient (Wildman–Crippen LogP) is 2.06. The molecule has 1 fully saturated rings. The molecule has 12 heteroatoms. The number of nitrogen functional groups attached to an aromatic ring is 1. The molecule has 1 aliphatic rings. The maximum Gasteiger partial charge on any atom is 0.264 e. The Hall–Kier alpha value is -1.60. The van der Waals surface area contributed by atoms with Crippen molar-refractivity contribution in [3.05, 3.63) is 12.7 Å². The van der Waals surface area contributed by atoms with E-state index >= 15 is 0 Å². The summed E-state index contributed by atoms with van der Waals surface area (Å²) in [5.41, 5.74) is 6.74. The molecule has 0 unspecified atom stereocenters. The molecule has 10 nitrogen and oxygen atoms in total. The fourth-order valence-electron chi connectivity index (χ4n) is 2.95. The van der Waals surface area contributed by atoms with Crippen molar-refractivity contribution < 1.29 is 21.8 Å². The summed E-state index contributed by atoms with van der Waals surface area (Å²) in [5.74, 6) is 0.241. The van der Waals surface area contributed by atoms with Crippen molar-refractivity contribution in [2.75, 3.05) is 18.6 Å². The third-order valence-corrected chi connectivity index (χ3v) is 10.6. The van der Waals surface area contributed by atoms with Crippen molar-refractivity contribution in [1.29, 1.82) is 0 Å². The smallest absolute Gasteiger partial charge is 0.264 e. The Kier molecular flexibility index (Phi) is 5.77. The van der Waals surface area contributed by atoms with Crippen LogP contribution in [-0.2, 0) is 23.5 Å². The first-order chi connectivity index (χ1) is 13.3. The molecule has 3 atom stereocenters. The normalized spacial score (nSPS) is 23.7. The standard InChI is InChI=1S/C17H29N5O5SSi/c1-17(2,3)29(5,6)25-8-11-7-12(27-28(4,23)24)16(26-11)22-10-21-13-14(18)19-9-20-15(13)22/h9-12,16H,7-8H2,1-6H3,(H2,18,19,20)/t11-,12+,16+/m0/s1. The van der Waals surface area contributed by atoms with Crippen LogP contribution in [-0.4, -0.2) is 61.3 Å². The molecule has 0 saturated carbocycles. The van der Waals surface area contributed by atoms with Crippen LogP contribution in [0.5, 0.6) is 0 Å². The average Bonchev–Trinajstić information content (AvgIpc) is 3.15. The number of aromatic nitrogens is 4. The lowest BCUT2D eigenvalue weighted by molar-refractivity contribution is -0.0409. The molecule has 0 amide bonds. The lowest BCUT2D eigenvalue weighted by Crippen LogP contribution is -2.42. The van der Waals surface area contributed by atoms with E-state index in [0.29, 0.717) is 24.2 Å². The van der Waals surface area contributed by atoms with Gasteiger partial charge in [-0.25, -0.2) is 15.0 Å². The van der Waals surface area contributed by atoms with Gasteiger partial charge in [-0.2, -0.15) is 8.42 Å². The number of nitrogens with two attached hydrogens (primary N) is 1. The van der Waals surface area contributed by atoms with Gasteiger partial charge in [0.15, 0.2) is 26.0 Å². The molecule has 3 rings (SSSR count). The van der Waals surface area contributed by atoms with E-state index in [9.17, 15) is 8.42 Å². The Morgan fingerprint density at radius 3 is 2.62 bits per heavy atom. The van der Waals surface area contributed by atoms with E-state index in [4.69, 9.17) is 19.1 Å². The Morgan fingerprint density at radius 1 is 1.31 bits per heavy atom. The van der Waals surface area contributed by atoms with Gasteiger partial charge in [0.25, 0.3) is 10.1 Å². The minimum absolute atomic E-state index is 0.0582. The number of ether oxygens (including phenoxy) is 1. The number of rotatable bonds is 6. The Labute approximate surface area is 172 Å². The maximum atomic E-state index is 11.8. The van der Waals surface area contributed by atoms with Gasteiger partial charge < -0.3 is 14.9 Å². The van der Waals surface area contributed by atoms with E-state index < -0.39 is 30.8 Å². The van der Waals surface area contributed by atoms with Crippen LogP contribution in [0, 0.1) is 0 Å². The third-order valence-electron chi connectivity index (χ3n) is 5.54. The Bertz CT molecular complexity index is 988. The molecular formula is C17H29N5O5SSi. The van der Waals surface area contributed by atoms with Crippen molar-refractivity contribution in [3.8, 4) is 0 Å². The second kappa shape index (κ2) is 7.58. The topological polar surface area (TPSA) is 131 Å². The molecule has 0 aromatic carbocycles. The van der Waals surface area contributed by atoms with Crippen molar-refractivity contribution >= 4 is 35.4 Å². The van der Waals surface area contributed by atoms with Gasteiger partial charge in [-0.1, -0.05) is 20.8 Å². The Balaban J connectivity index is 1.85. The van der Waals surface area contributed by atoms with E-state index in [1.54, 1.807) is 4.57 Å². The first-order valence-corrected chi connectivity index (χ1v) is 14.1. The second-order valence-electron chi connectivity index (χ2n) is 8.88. The lowest BCUT2D eigenvalue weighted by Gasteiger charge is -2.36. The van der Waals surface area contributed by atoms with Gasteiger partial charge in [-0.05, 0) is 18.1 Å². The molecular weight excluding hydrogens is 414 g/mol. The van der Waals surface area contributed by atoms with E-state index in [0.717, 1.165) is 6.26 Å². The number of hydrogen-bond acceptors (Lipinski definition) is 9. The molecule has 29 heavy (non-hydrogen) atoms. The van der Waals surface area contributed by atoms with Gasteiger partial charge in [0.2, 0.25) is 0 Å². The van der Waals surface area contributed by atoms with E-state index in [2.05, 4.69) is 48.8 Å². The van der Waals surface area contributed by atoms with Gasteiger partial charge >= 0.3 is 0 Å². The summed E-state index contributed by atoms with van der Waals surface area (Å²) in [6.45, 7) is 11.2. The zero-order valence-electron chi connectivity index (χ0n) is 17.6. The third kappa shape index (κ3) is 4.77. The molecule has 2 aromatic rings. The van der Waals surface area contributed by atoms with Crippen LogP contribution in [0.15, 0.2) is 12.7 Å². The van der Waals surface area contributed by atoms with Crippen molar-refractivity contribution in [1.82, 2.24) is 19.5 Å². The highest BCUT2D eigenvalue weighted by atomic mass is 32.2. The molecule has 2 N–H and O–H groups in total. The van der Waals surface area contributed by atoms with Crippen molar-refractivity contribution in [2.45, 2.75) is 63.8 Å². The summed E-state index contributed by atoms with van der Waals surface area (Å²) in [6, 6.07) is 0. The summed E-state index contributed by atoms with van der Waals surface area (Å²) in [5, 5.41) is 0.0582. The van der Waals surface area contributed by atoms with Gasteiger partial charge in [-0.15, -0.1) is 0 Å². The van der Waals surface area contributed by atoms with Crippen LogP contribution in [0.1, 0.15) is 33.4 Å². The number of nitrogens with zero attached hydrogens (tertiary/aromatic N) is 4. The van der Waals surface area contributed by atoms with Gasteiger partial charge in [0, 0.05) is 6.42 Å². The highest BCUT2D eigenvalue weighted by Gasteiger charge is 2.43. The van der Waals surface area contributed by atoms with Crippen LogP contribution < -0.4 is 5.73 Å². The molecule has 0 bridgehead atoms. The molecule has 0 spiro atoms. The predicted molar refractivity (Wildman–Crippen MR) is 111 cm³/mol. The Morgan fingerprint density at radius 2 is 2.00 bits per heavy atom. The number of imidazole rings is 1. The number of anilines is 1. The lowest BCUT2D eigenvalue weighted by atomic mass is 10.2. The van der Waals surface area contributed by atoms with E-state index in [1.165, 1.54) is 12.7 Å². The molecule has 0 aliphatic carbocycles. The molecule has 1 saturated heterocycles. The average molecular weight is 444 g/mol. The van der Waals surface area contributed by atoms with E-state index in [-0.39, 0.29) is 17.0 Å². The van der Waals surface area contributed by atoms with E-state index in [1.807, 2.05) is 0 Å². The molecule has 2 aromatic heterocycles. The number of hydrogen-bond donors (Lipinski definition) is 1. The minimum atomic E-state index is -3.69. The fourth-order valence-corrected chi connectivity index (χ4v) is 4.61. The van der Waals surface area contributed by atoms with Gasteiger partial charge in [-0.3, -0.25) is 8.75 Å². The highest BCUT2D eigenvalue weighted by Crippen LogP contribution is 2.39. The quantitative estimate of drug-likeness (QED) is 0.526. The van der Waals surface area contributed by atoms with Crippen molar-refractivity contribution in [2.24, 2.45) is 0 Å². The monoisotopic (exact) mass is 443 g/mol. The van der Waals surface area contributed by atoms with Crippen LogP contribution in [0.25, 0.3) is 11.2 Å². The molecule has 3 heterocycles. The summed E-state index contributed by atoms with van der Waals surface area (Å²) >= 11 is 0. The van der Waals surface area contributed by atoms with Crippen LogP contribution >= 0.6 is 0 Å². The maximum absolute atomic E-state index is 11.8. The molecule has 162 valence electrons. The minimum Gasteiger partial charge on any atom is -0.414 e. The second-order valence-corrected chi connectivity index (χ2v) is 15.3. The molecule has 0 radical (unpaired) electrons. The van der Waals surface area contributed by atoms with Gasteiger partial charge in [0.05, 0.1) is 25.3 Å². The summed E-state index contributed by atoms with van der Waals surface area (Å²) < 4.78 is 43.0. The summed E-state index contributed by atoms with van der Waals surface area (Å²) in [7, 11) is -5.66. The summed E-state index contributed by atoms with van der Waals surface area (Å²) in [6.07, 6.45) is 2.45. The SMILES string of the molecule is CC(C)(C)[Si](C)(C)OC[C@@H]1C[C@@H](OS(C)(=O)=O)[C@H](n2cnc3c(N)ncnc32)O1. The fraction of sp³-hybridized carbons (Fsp3) is 0.706. The molecule has 1 aliphatic heterocycles. The summed E-state index contributed by atoms with van der Waals surface area (Å²) in [4.78, 5) is 12.4. The van der Waals surface area contributed by atoms with Crippen LogP contribution in [0.2, 0.25) is 18.1 Å². The van der Waals surface area contributed by atoms with Gasteiger partial charge in [0.1, 0.15) is 17.9 Å². The van der Waals surface area contributed by atoms with Crippen LogP contribution in [0.3, 0.4) is 0 Å². The zero-order valence-corrected chi connectivity index (χ0v) is 19.4. The number of fused-ring (bicyclic) bond motifs is 1. The first kappa shape index (κ1) is 22.1. The largest absolute Gasteiger partial charge is 0.414 e. The van der Waals surface area contributed by atoms with Crippen molar-refractivity contribution in [3.63, 3.8) is 0 Å². The van der Waals surface area contributed by atoms with Crippen LogP contribution in [0.4, 0.5) is 5.82 Å². The first-order valence-electron chi connectivity index (χ1n) is 9.39.